The Labute approximate surface area is 131 Å². The van der Waals surface area contributed by atoms with Crippen LogP contribution in [0.3, 0.4) is 0 Å². The molecule has 1 amide bonds. The van der Waals surface area contributed by atoms with Crippen LogP contribution >= 0.6 is 24.0 Å². The molecule has 1 heterocycles. The van der Waals surface area contributed by atoms with Gasteiger partial charge in [-0.2, -0.15) is 0 Å². The third-order valence-corrected chi connectivity index (χ3v) is 3.56. The minimum atomic E-state index is -0.0947. The number of carbonyl (C=O) groups is 1. The number of piperidine rings is 1. The number of anilines is 2. The summed E-state index contributed by atoms with van der Waals surface area (Å²) in [5, 5.41) is 6.84. The van der Waals surface area contributed by atoms with Gasteiger partial charge in [0.05, 0.1) is 17.4 Å². The molecule has 0 bridgehead atoms. The first-order valence-electron chi connectivity index (χ1n) is 6.59. The summed E-state index contributed by atoms with van der Waals surface area (Å²) in [7, 11) is 3.88. The SMILES string of the molecule is CN(C)c1ccc(Cl)cc1NC(=O)[C@@H]1CCCCN1.Cl. The second kappa shape index (κ2) is 7.72. The molecule has 2 rings (SSSR count). The van der Waals surface area contributed by atoms with E-state index in [9.17, 15) is 4.79 Å². The Balaban J connectivity index is 0.00000200. The van der Waals surface area contributed by atoms with Gasteiger partial charge >= 0.3 is 0 Å². The number of nitrogens with one attached hydrogen (secondary N) is 2. The molecule has 0 unspecified atom stereocenters. The fourth-order valence-corrected chi connectivity index (χ4v) is 2.47. The van der Waals surface area contributed by atoms with Crippen LogP contribution in [0, 0.1) is 0 Å². The Kier molecular flexibility index (Phi) is 6.59. The van der Waals surface area contributed by atoms with Crippen LogP contribution in [0.15, 0.2) is 18.2 Å². The van der Waals surface area contributed by atoms with Crippen molar-refractivity contribution in [1.82, 2.24) is 5.32 Å². The third kappa shape index (κ3) is 4.27. The molecule has 112 valence electrons. The zero-order valence-electron chi connectivity index (χ0n) is 11.8. The van der Waals surface area contributed by atoms with Gasteiger partial charge in [-0.25, -0.2) is 0 Å². The molecule has 1 aliphatic heterocycles. The number of benzene rings is 1. The van der Waals surface area contributed by atoms with Crippen molar-refractivity contribution in [2.24, 2.45) is 0 Å². The first-order chi connectivity index (χ1) is 9.08. The van der Waals surface area contributed by atoms with Gasteiger partial charge in [-0.1, -0.05) is 18.0 Å². The highest BCUT2D eigenvalue weighted by atomic mass is 35.5. The summed E-state index contributed by atoms with van der Waals surface area (Å²) < 4.78 is 0. The quantitative estimate of drug-likeness (QED) is 0.901. The molecule has 1 aliphatic rings. The standard InChI is InChI=1S/C14H20ClN3O.ClH/c1-18(2)13-7-6-10(15)9-12(13)17-14(19)11-5-3-4-8-16-11;/h6-7,9,11,16H,3-5,8H2,1-2H3,(H,17,19);1H/t11-;/m0./s1. The smallest absolute Gasteiger partial charge is 0.241 e. The van der Waals surface area contributed by atoms with Crippen molar-refractivity contribution in [1.29, 1.82) is 0 Å². The molecule has 0 aliphatic carbocycles. The van der Waals surface area contributed by atoms with Gasteiger partial charge in [0.1, 0.15) is 0 Å². The number of nitrogens with zero attached hydrogens (tertiary/aromatic N) is 1. The van der Waals surface area contributed by atoms with Gasteiger partial charge in [0.2, 0.25) is 5.91 Å². The molecule has 0 saturated carbocycles. The van der Waals surface area contributed by atoms with E-state index in [-0.39, 0.29) is 24.4 Å². The van der Waals surface area contributed by atoms with E-state index in [1.807, 2.05) is 31.1 Å². The molecule has 1 aromatic carbocycles. The second-order valence-corrected chi connectivity index (χ2v) is 5.48. The van der Waals surface area contributed by atoms with Gasteiger partial charge < -0.3 is 15.5 Å². The lowest BCUT2D eigenvalue weighted by molar-refractivity contribution is -0.118. The van der Waals surface area contributed by atoms with Gasteiger partial charge in [0, 0.05) is 19.1 Å². The second-order valence-electron chi connectivity index (χ2n) is 5.05. The predicted octanol–water partition coefficient (Wildman–Crippen LogP) is 2.91. The van der Waals surface area contributed by atoms with Crippen LogP contribution < -0.4 is 15.5 Å². The van der Waals surface area contributed by atoms with Crippen molar-refractivity contribution in [3.8, 4) is 0 Å². The highest BCUT2D eigenvalue weighted by molar-refractivity contribution is 6.31. The molecular formula is C14H21Cl2N3O. The Morgan fingerprint density at radius 1 is 1.40 bits per heavy atom. The van der Waals surface area contributed by atoms with Crippen LogP contribution in [-0.2, 0) is 4.79 Å². The van der Waals surface area contributed by atoms with Crippen LogP contribution in [-0.4, -0.2) is 32.6 Å². The van der Waals surface area contributed by atoms with E-state index in [2.05, 4.69) is 10.6 Å². The lowest BCUT2D eigenvalue weighted by atomic mass is 10.0. The fraction of sp³-hybridized carbons (Fsp3) is 0.500. The van der Waals surface area contributed by atoms with Crippen molar-refractivity contribution in [3.05, 3.63) is 23.2 Å². The summed E-state index contributed by atoms with van der Waals surface area (Å²) in [5.74, 6) is 0.0186. The number of hydrogen-bond acceptors (Lipinski definition) is 3. The zero-order valence-corrected chi connectivity index (χ0v) is 13.4. The summed E-state index contributed by atoms with van der Waals surface area (Å²) in [6.45, 7) is 0.911. The van der Waals surface area contributed by atoms with Crippen LogP contribution in [0.5, 0.6) is 0 Å². The molecule has 0 aromatic heterocycles. The van der Waals surface area contributed by atoms with Crippen molar-refractivity contribution < 1.29 is 4.79 Å². The molecule has 4 nitrogen and oxygen atoms in total. The summed E-state index contributed by atoms with van der Waals surface area (Å²) >= 11 is 6.01. The molecule has 1 fully saturated rings. The molecule has 0 radical (unpaired) electrons. The first kappa shape index (κ1) is 17.1. The van der Waals surface area contributed by atoms with Gasteiger partial charge in [-0.15, -0.1) is 12.4 Å². The van der Waals surface area contributed by atoms with Crippen LogP contribution in [0.4, 0.5) is 11.4 Å². The average Bonchev–Trinajstić information content (AvgIpc) is 2.39. The van der Waals surface area contributed by atoms with Crippen LogP contribution in [0.25, 0.3) is 0 Å². The number of amides is 1. The fourth-order valence-electron chi connectivity index (χ4n) is 2.29. The van der Waals surface area contributed by atoms with Gasteiger partial charge in [-0.3, -0.25) is 4.79 Å². The first-order valence-corrected chi connectivity index (χ1v) is 6.97. The molecule has 2 N–H and O–H groups in total. The largest absolute Gasteiger partial charge is 0.376 e. The molecule has 1 atom stereocenters. The molecule has 1 aromatic rings. The van der Waals surface area contributed by atoms with Crippen molar-refractivity contribution in [2.75, 3.05) is 30.9 Å². The normalized spacial score (nSPS) is 18.1. The van der Waals surface area contributed by atoms with Gasteiger partial charge in [-0.05, 0) is 37.6 Å². The predicted molar refractivity (Wildman–Crippen MR) is 87.3 cm³/mol. The number of hydrogen-bond donors (Lipinski definition) is 2. The highest BCUT2D eigenvalue weighted by Gasteiger charge is 2.21. The van der Waals surface area contributed by atoms with Crippen LogP contribution in [0.2, 0.25) is 5.02 Å². The van der Waals surface area contributed by atoms with E-state index in [1.54, 1.807) is 6.07 Å². The van der Waals surface area contributed by atoms with Gasteiger partial charge in [0.25, 0.3) is 0 Å². The lowest BCUT2D eigenvalue weighted by Crippen LogP contribution is -2.43. The number of halogens is 2. The maximum atomic E-state index is 12.2. The molecular weight excluding hydrogens is 297 g/mol. The number of rotatable bonds is 3. The van der Waals surface area contributed by atoms with E-state index < -0.39 is 0 Å². The molecule has 1 saturated heterocycles. The maximum Gasteiger partial charge on any atom is 0.241 e. The minimum Gasteiger partial charge on any atom is -0.376 e. The van der Waals surface area contributed by atoms with Gasteiger partial charge in [0.15, 0.2) is 0 Å². The molecule has 20 heavy (non-hydrogen) atoms. The lowest BCUT2D eigenvalue weighted by Gasteiger charge is -2.24. The number of carbonyl (C=O) groups excluding carboxylic acids is 1. The van der Waals surface area contributed by atoms with E-state index in [0.29, 0.717) is 5.02 Å². The summed E-state index contributed by atoms with van der Waals surface area (Å²) in [6, 6.07) is 5.43. The topological polar surface area (TPSA) is 44.4 Å². The van der Waals surface area contributed by atoms with E-state index in [1.165, 1.54) is 0 Å². The Morgan fingerprint density at radius 3 is 2.75 bits per heavy atom. The minimum absolute atomic E-state index is 0. The zero-order chi connectivity index (χ0) is 13.8. The summed E-state index contributed by atoms with van der Waals surface area (Å²) in [5.41, 5.74) is 1.71. The van der Waals surface area contributed by atoms with E-state index >= 15 is 0 Å². The Bertz CT molecular complexity index is 460. The summed E-state index contributed by atoms with van der Waals surface area (Å²) in [4.78, 5) is 14.2. The van der Waals surface area contributed by atoms with E-state index in [4.69, 9.17) is 11.6 Å². The Morgan fingerprint density at radius 2 is 2.15 bits per heavy atom. The average molecular weight is 318 g/mol. The molecule has 6 heteroatoms. The van der Waals surface area contributed by atoms with Crippen molar-refractivity contribution in [3.63, 3.8) is 0 Å². The van der Waals surface area contributed by atoms with Crippen molar-refractivity contribution in [2.45, 2.75) is 25.3 Å². The summed E-state index contributed by atoms with van der Waals surface area (Å²) in [6.07, 6.45) is 3.13. The monoisotopic (exact) mass is 317 g/mol. The van der Waals surface area contributed by atoms with E-state index in [0.717, 1.165) is 37.2 Å². The highest BCUT2D eigenvalue weighted by Crippen LogP contribution is 2.28. The maximum absolute atomic E-state index is 12.2. The molecule has 0 spiro atoms. The van der Waals surface area contributed by atoms with Crippen molar-refractivity contribution >= 4 is 41.3 Å². The third-order valence-electron chi connectivity index (χ3n) is 3.33. The Hall–Kier alpha value is -0.970. The van der Waals surface area contributed by atoms with Crippen LogP contribution in [0.1, 0.15) is 19.3 Å².